The lowest BCUT2D eigenvalue weighted by atomic mass is 9.79. The highest BCUT2D eigenvalue weighted by Gasteiger charge is 2.41. The Morgan fingerprint density at radius 1 is 1.28 bits per heavy atom. The van der Waals surface area contributed by atoms with Gasteiger partial charge in [-0.1, -0.05) is 19.3 Å². The number of hydrogen-bond donors (Lipinski definition) is 1. The Bertz CT molecular complexity index is 342. The van der Waals surface area contributed by atoms with Crippen LogP contribution in [0.2, 0.25) is 0 Å². The van der Waals surface area contributed by atoms with E-state index in [1.54, 1.807) is 19.1 Å². The lowest BCUT2D eigenvalue weighted by Gasteiger charge is -2.43. The standard InChI is InChI=1S/C11H21N5O2/c1-13-8-10(9-6-4-3-5-7-9)11(12)14(2)15(13)16(17)18/h9-10,12H,3-8H2,1-2H3. The van der Waals surface area contributed by atoms with Crippen LogP contribution in [0.15, 0.2) is 0 Å². The molecule has 1 aliphatic carbocycles. The average molecular weight is 255 g/mol. The number of nitrogens with zero attached hydrogens (tertiary/aromatic N) is 4. The molecule has 0 aromatic carbocycles. The molecule has 0 aromatic heterocycles. The van der Waals surface area contributed by atoms with E-state index < -0.39 is 5.03 Å². The zero-order chi connectivity index (χ0) is 13.3. The second kappa shape index (κ2) is 5.09. The summed E-state index contributed by atoms with van der Waals surface area (Å²) < 4.78 is 0. The molecule has 102 valence electrons. The van der Waals surface area contributed by atoms with Crippen molar-refractivity contribution in [2.75, 3.05) is 20.6 Å². The van der Waals surface area contributed by atoms with E-state index in [-0.39, 0.29) is 5.92 Å². The molecule has 0 spiro atoms. The molecule has 2 aliphatic rings. The molecule has 2 rings (SSSR count). The lowest BCUT2D eigenvalue weighted by molar-refractivity contribution is -0.737. The van der Waals surface area contributed by atoms with Crippen molar-refractivity contribution in [1.29, 1.82) is 5.41 Å². The van der Waals surface area contributed by atoms with Crippen molar-refractivity contribution >= 4 is 5.84 Å². The van der Waals surface area contributed by atoms with Crippen molar-refractivity contribution in [3.05, 3.63) is 10.1 Å². The molecule has 1 heterocycles. The first-order valence-corrected chi connectivity index (χ1v) is 6.50. The Labute approximate surface area is 107 Å². The van der Waals surface area contributed by atoms with E-state index in [9.17, 15) is 10.1 Å². The maximum atomic E-state index is 11.0. The van der Waals surface area contributed by atoms with Crippen molar-refractivity contribution in [3.63, 3.8) is 0 Å². The largest absolute Gasteiger partial charge is 0.287 e. The predicted octanol–water partition coefficient (Wildman–Crippen LogP) is 1.36. The highest BCUT2D eigenvalue weighted by molar-refractivity contribution is 5.81. The quantitative estimate of drug-likeness (QED) is 0.595. The SMILES string of the molecule is CN1CC(C2CCCCC2)C(=N)N(C)N1[N+](=O)[O-]. The molecule has 0 amide bonds. The van der Waals surface area contributed by atoms with E-state index in [0.717, 1.165) is 18.1 Å². The van der Waals surface area contributed by atoms with Gasteiger partial charge in [0, 0.05) is 26.6 Å². The van der Waals surface area contributed by atoms with Gasteiger partial charge in [0.2, 0.25) is 0 Å². The molecule has 1 saturated carbocycles. The Hall–Kier alpha value is -1.37. The van der Waals surface area contributed by atoms with Gasteiger partial charge in [-0.15, -0.1) is 5.01 Å². The van der Waals surface area contributed by atoms with E-state index in [4.69, 9.17) is 5.41 Å². The van der Waals surface area contributed by atoms with Gasteiger partial charge in [0.1, 0.15) is 5.84 Å². The Kier molecular flexibility index (Phi) is 3.70. The first kappa shape index (κ1) is 13.1. The normalized spacial score (nSPS) is 27.7. The minimum absolute atomic E-state index is 0.122. The fourth-order valence-electron chi connectivity index (χ4n) is 3.15. The van der Waals surface area contributed by atoms with Gasteiger partial charge >= 0.3 is 0 Å². The van der Waals surface area contributed by atoms with E-state index in [0.29, 0.717) is 18.3 Å². The molecular formula is C11H21N5O2. The van der Waals surface area contributed by atoms with Crippen LogP contribution >= 0.6 is 0 Å². The zero-order valence-electron chi connectivity index (χ0n) is 11.0. The third-order valence-corrected chi connectivity index (χ3v) is 4.10. The molecule has 0 radical (unpaired) electrons. The van der Waals surface area contributed by atoms with Crippen LogP contribution in [0.25, 0.3) is 0 Å². The van der Waals surface area contributed by atoms with Gasteiger partial charge in [0.05, 0.1) is 5.23 Å². The Balaban J connectivity index is 2.11. The molecule has 7 nitrogen and oxygen atoms in total. The third kappa shape index (κ3) is 2.27. The van der Waals surface area contributed by atoms with Crippen molar-refractivity contribution in [1.82, 2.24) is 15.2 Å². The minimum Gasteiger partial charge on any atom is -0.287 e. The molecule has 7 heteroatoms. The van der Waals surface area contributed by atoms with Gasteiger partial charge < -0.3 is 0 Å². The molecule has 1 unspecified atom stereocenters. The van der Waals surface area contributed by atoms with Crippen molar-refractivity contribution in [2.24, 2.45) is 11.8 Å². The molecule has 1 saturated heterocycles. The maximum absolute atomic E-state index is 11.0. The van der Waals surface area contributed by atoms with Gasteiger partial charge in [0.15, 0.2) is 5.03 Å². The Morgan fingerprint density at radius 2 is 1.89 bits per heavy atom. The average Bonchev–Trinajstić information content (AvgIpc) is 2.34. The van der Waals surface area contributed by atoms with Gasteiger partial charge in [-0.2, -0.15) is 0 Å². The molecule has 0 aromatic rings. The van der Waals surface area contributed by atoms with E-state index in [2.05, 4.69) is 0 Å². The topological polar surface area (TPSA) is 76.7 Å². The zero-order valence-corrected chi connectivity index (χ0v) is 11.0. The minimum atomic E-state index is -0.481. The van der Waals surface area contributed by atoms with E-state index >= 15 is 0 Å². The van der Waals surface area contributed by atoms with Gasteiger partial charge in [-0.05, 0) is 18.8 Å². The summed E-state index contributed by atoms with van der Waals surface area (Å²) in [5.41, 5.74) is 0. The second-order valence-electron chi connectivity index (χ2n) is 5.26. The molecule has 1 aliphatic heterocycles. The van der Waals surface area contributed by atoms with Crippen LogP contribution in [0.5, 0.6) is 0 Å². The summed E-state index contributed by atoms with van der Waals surface area (Å²) in [7, 11) is 3.30. The summed E-state index contributed by atoms with van der Waals surface area (Å²) in [6.45, 7) is 0.564. The Morgan fingerprint density at radius 3 is 2.44 bits per heavy atom. The number of hydrazine groups is 3. The number of nitrogens with one attached hydrogen (secondary N) is 1. The summed E-state index contributed by atoms with van der Waals surface area (Å²) >= 11 is 0. The lowest BCUT2D eigenvalue weighted by Crippen LogP contribution is -2.63. The molecule has 1 N–H and O–H groups in total. The second-order valence-corrected chi connectivity index (χ2v) is 5.26. The smallest absolute Gasteiger partial charge is 0.198 e. The van der Waals surface area contributed by atoms with Crippen LogP contribution in [0.4, 0.5) is 0 Å². The predicted molar refractivity (Wildman–Crippen MR) is 67.0 cm³/mol. The van der Waals surface area contributed by atoms with Crippen molar-refractivity contribution < 1.29 is 5.03 Å². The van der Waals surface area contributed by atoms with Crippen LogP contribution in [-0.2, 0) is 0 Å². The first-order chi connectivity index (χ1) is 8.52. The van der Waals surface area contributed by atoms with Crippen LogP contribution in [0.3, 0.4) is 0 Å². The van der Waals surface area contributed by atoms with Crippen molar-refractivity contribution in [3.8, 4) is 0 Å². The number of nitro groups is 1. The van der Waals surface area contributed by atoms with E-state index in [1.807, 2.05) is 0 Å². The van der Waals surface area contributed by atoms with Crippen LogP contribution in [-0.4, -0.2) is 46.8 Å². The number of hydrogen-bond acceptors (Lipinski definition) is 4. The van der Waals surface area contributed by atoms with Gasteiger partial charge in [-0.3, -0.25) is 5.41 Å². The van der Waals surface area contributed by atoms with Gasteiger partial charge in [0.25, 0.3) is 0 Å². The third-order valence-electron chi connectivity index (χ3n) is 4.10. The highest BCUT2D eigenvalue weighted by atomic mass is 16.7. The fourth-order valence-corrected chi connectivity index (χ4v) is 3.15. The first-order valence-electron chi connectivity index (χ1n) is 6.50. The van der Waals surface area contributed by atoms with Gasteiger partial charge in [-0.25, -0.2) is 15.1 Å². The summed E-state index contributed by atoms with van der Waals surface area (Å²) in [4.78, 5) is 11.0. The van der Waals surface area contributed by atoms with Crippen molar-refractivity contribution in [2.45, 2.75) is 32.1 Å². The molecular weight excluding hydrogens is 234 g/mol. The van der Waals surface area contributed by atoms with Crippen LogP contribution in [0.1, 0.15) is 32.1 Å². The molecule has 2 fully saturated rings. The summed E-state index contributed by atoms with van der Waals surface area (Å²) in [5, 5.41) is 22.5. The number of amidine groups is 1. The molecule has 0 bridgehead atoms. The summed E-state index contributed by atoms with van der Waals surface area (Å²) in [6.07, 6.45) is 6.02. The fraction of sp³-hybridized carbons (Fsp3) is 0.909. The summed E-state index contributed by atoms with van der Waals surface area (Å²) in [5.74, 6) is 0.998. The highest BCUT2D eigenvalue weighted by Crippen LogP contribution is 2.33. The maximum Gasteiger partial charge on any atom is 0.198 e. The number of rotatable bonds is 2. The molecule has 18 heavy (non-hydrogen) atoms. The monoisotopic (exact) mass is 255 g/mol. The van der Waals surface area contributed by atoms with Crippen LogP contribution in [0, 0.1) is 27.4 Å². The summed E-state index contributed by atoms with van der Waals surface area (Å²) in [6, 6.07) is 0. The van der Waals surface area contributed by atoms with E-state index in [1.165, 1.54) is 24.3 Å². The molecule has 1 atom stereocenters. The van der Waals surface area contributed by atoms with Crippen LogP contribution < -0.4 is 0 Å².